The zero-order valence-corrected chi connectivity index (χ0v) is 12.5. The van der Waals surface area contributed by atoms with E-state index in [2.05, 4.69) is 24.1 Å². The summed E-state index contributed by atoms with van der Waals surface area (Å²) in [7, 11) is 0. The van der Waals surface area contributed by atoms with Gasteiger partial charge in [0.25, 0.3) is 0 Å². The van der Waals surface area contributed by atoms with Crippen molar-refractivity contribution < 1.29 is 9.53 Å². The third kappa shape index (κ3) is 5.25. The van der Waals surface area contributed by atoms with Crippen LogP contribution in [-0.4, -0.2) is 42.3 Å². The summed E-state index contributed by atoms with van der Waals surface area (Å²) in [4.78, 5) is 14.2. The van der Waals surface area contributed by atoms with Gasteiger partial charge < -0.3 is 15.0 Å². The number of ether oxygens (including phenoxy) is 1. The second-order valence-corrected chi connectivity index (χ2v) is 6.21. The number of likely N-dealkylation sites (tertiary alicyclic amines) is 1. The molecule has 1 heterocycles. The summed E-state index contributed by atoms with van der Waals surface area (Å²) >= 11 is 0. The van der Waals surface area contributed by atoms with Crippen molar-refractivity contribution in [1.29, 1.82) is 0 Å². The van der Waals surface area contributed by atoms with Gasteiger partial charge in [-0.2, -0.15) is 0 Å². The van der Waals surface area contributed by atoms with E-state index in [-0.39, 0.29) is 12.1 Å². The molecule has 2 atom stereocenters. The van der Waals surface area contributed by atoms with Crippen molar-refractivity contribution in [3.8, 4) is 0 Å². The molecule has 1 N–H and O–H groups in total. The van der Waals surface area contributed by atoms with E-state index in [0.29, 0.717) is 5.92 Å². The minimum atomic E-state index is -0.423. The molecule has 106 valence electrons. The molecule has 1 saturated heterocycles. The van der Waals surface area contributed by atoms with Crippen LogP contribution in [0.2, 0.25) is 0 Å². The Balaban J connectivity index is 2.47. The Hall–Kier alpha value is -0.770. The zero-order valence-electron chi connectivity index (χ0n) is 12.5. The van der Waals surface area contributed by atoms with Gasteiger partial charge in [0.2, 0.25) is 0 Å². The highest BCUT2D eigenvalue weighted by atomic mass is 16.6. The second kappa shape index (κ2) is 6.41. The average Bonchev–Trinajstić information content (AvgIpc) is 2.25. The van der Waals surface area contributed by atoms with Crippen LogP contribution in [-0.2, 0) is 4.74 Å². The van der Waals surface area contributed by atoms with Gasteiger partial charge in [-0.05, 0) is 39.7 Å². The number of piperidine rings is 1. The average molecular weight is 256 g/mol. The Morgan fingerprint density at radius 1 is 1.33 bits per heavy atom. The third-order valence-electron chi connectivity index (χ3n) is 3.36. The van der Waals surface area contributed by atoms with Crippen molar-refractivity contribution in [2.24, 2.45) is 5.92 Å². The Morgan fingerprint density at radius 3 is 2.50 bits per heavy atom. The number of nitrogens with zero attached hydrogens (tertiary/aromatic N) is 1. The smallest absolute Gasteiger partial charge is 0.407 e. The van der Waals surface area contributed by atoms with E-state index < -0.39 is 5.60 Å². The SMILES string of the molecule is CCC1CC(NC(=O)OC(C)(C)C)CN(CC)C1. The Kier molecular flexibility index (Phi) is 5.45. The Labute approximate surface area is 111 Å². The number of hydrogen-bond acceptors (Lipinski definition) is 3. The van der Waals surface area contributed by atoms with Crippen molar-refractivity contribution in [3.63, 3.8) is 0 Å². The molecule has 1 aliphatic heterocycles. The number of nitrogens with one attached hydrogen (secondary N) is 1. The van der Waals surface area contributed by atoms with E-state index in [0.717, 1.165) is 26.1 Å². The lowest BCUT2D eigenvalue weighted by atomic mass is 9.92. The maximum Gasteiger partial charge on any atom is 0.407 e. The number of alkyl carbamates (subject to hydrolysis) is 1. The minimum absolute atomic E-state index is 0.221. The van der Waals surface area contributed by atoms with Gasteiger partial charge in [-0.15, -0.1) is 0 Å². The van der Waals surface area contributed by atoms with Crippen molar-refractivity contribution in [1.82, 2.24) is 10.2 Å². The van der Waals surface area contributed by atoms with Gasteiger partial charge in [0.05, 0.1) is 0 Å². The van der Waals surface area contributed by atoms with Gasteiger partial charge in [0.15, 0.2) is 0 Å². The van der Waals surface area contributed by atoms with E-state index in [1.54, 1.807) is 0 Å². The van der Waals surface area contributed by atoms with E-state index in [9.17, 15) is 4.79 Å². The van der Waals surface area contributed by atoms with Gasteiger partial charge >= 0.3 is 6.09 Å². The van der Waals surface area contributed by atoms with Gasteiger partial charge in [-0.1, -0.05) is 20.3 Å². The molecule has 1 amide bonds. The van der Waals surface area contributed by atoms with Crippen LogP contribution in [0.5, 0.6) is 0 Å². The number of likely N-dealkylation sites (N-methyl/N-ethyl adjacent to an activating group) is 1. The van der Waals surface area contributed by atoms with Gasteiger partial charge in [-0.25, -0.2) is 4.79 Å². The first-order valence-electron chi connectivity index (χ1n) is 7.06. The first kappa shape index (κ1) is 15.3. The summed E-state index contributed by atoms with van der Waals surface area (Å²) < 4.78 is 5.31. The van der Waals surface area contributed by atoms with Gasteiger partial charge in [0, 0.05) is 19.1 Å². The van der Waals surface area contributed by atoms with E-state index in [4.69, 9.17) is 4.74 Å². The topological polar surface area (TPSA) is 41.6 Å². The highest BCUT2D eigenvalue weighted by Gasteiger charge is 2.27. The normalized spacial score (nSPS) is 25.8. The summed E-state index contributed by atoms with van der Waals surface area (Å²) in [6, 6.07) is 0.221. The molecular formula is C14H28N2O2. The molecule has 0 radical (unpaired) electrons. The quantitative estimate of drug-likeness (QED) is 0.844. The van der Waals surface area contributed by atoms with E-state index in [1.807, 2.05) is 20.8 Å². The molecular weight excluding hydrogens is 228 g/mol. The number of rotatable bonds is 3. The molecule has 2 unspecified atom stereocenters. The van der Waals surface area contributed by atoms with Crippen LogP contribution in [0.25, 0.3) is 0 Å². The lowest BCUT2D eigenvalue weighted by Gasteiger charge is -2.37. The molecule has 0 aromatic carbocycles. The minimum Gasteiger partial charge on any atom is -0.444 e. The van der Waals surface area contributed by atoms with Crippen LogP contribution in [0, 0.1) is 5.92 Å². The highest BCUT2D eigenvalue weighted by molar-refractivity contribution is 5.68. The van der Waals surface area contributed by atoms with Gasteiger partial charge in [-0.3, -0.25) is 0 Å². The summed E-state index contributed by atoms with van der Waals surface area (Å²) in [5.74, 6) is 0.679. The summed E-state index contributed by atoms with van der Waals surface area (Å²) in [5.41, 5.74) is -0.423. The zero-order chi connectivity index (χ0) is 13.8. The van der Waals surface area contributed by atoms with Crippen LogP contribution >= 0.6 is 0 Å². The van der Waals surface area contributed by atoms with Crippen molar-refractivity contribution >= 4 is 6.09 Å². The molecule has 1 fully saturated rings. The van der Waals surface area contributed by atoms with Crippen molar-refractivity contribution in [2.75, 3.05) is 19.6 Å². The van der Waals surface area contributed by atoms with Crippen LogP contribution in [0.15, 0.2) is 0 Å². The molecule has 4 nitrogen and oxygen atoms in total. The monoisotopic (exact) mass is 256 g/mol. The fraction of sp³-hybridized carbons (Fsp3) is 0.929. The number of hydrogen-bond donors (Lipinski definition) is 1. The van der Waals surface area contributed by atoms with Gasteiger partial charge in [0.1, 0.15) is 5.60 Å². The molecule has 1 rings (SSSR count). The highest BCUT2D eigenvalue weighted by Crippen LogP contribution is 2.20. The maximum atomic E-state index is 11.8. The molecule has 0 aromatic heterocycles. The molecule has 0 saturated carbocycles. The first-order chi connectivity index (χ1) is 8.34. The van der Waals surface area contributed by atoms with Crippen LogP contribution in [0.4, 0.5) is 4.79 Å². The predicted octanol–water partition coefficient (Wildman–Crippen LogP) is 2.63. The van der Waals surface area contributed by atoms with Crippen molar-refractivity contribution in [2.45, 2.75) is 59.1 Å². The van der Waals surface area contributed by atoms with Crippen LogP contribution in [0.1, 0.15) is 47.5 Å². The number of carbonyl (C=O) groups is 1. The number of amides is 1. The van der Waals surface area contributed by atoms with E-state index in [1.165, 1.54) is 6.42 Å². The molecule has 0 spiro atoms. The molecule has 0 aromatic rings. The molecule has 4 heteroatoms. The lowest BCUT2D eigenvalue weighted by molar-refractivity contribution is 0.0450. The molecule has 0 bridgehead atoms. The number of carbonyl (C=O) groups excluding carboxylic acids is 1. The van der Waals surface area contributed by atoms with Crippen LogP contribution < -0.4 is 5.32 Å². The first-order valence-corrected chi connectivity index (χ1v) is 7.06. The Morgan fingerprint density at radius 2 is 2.00 bits per heavy atom. The lowest BCUT2D eigenvalue weighted by Crippen LogP contribution is -2.51. The fourth-order valence-corrected chi connectivity index (χ4v) is 2.44. The summed E-state index contributed by atoms with van der Waals surface area (Å²) in [6.45, 7) is 13.2. The van der Waals surface area contributed by atoms with Crippen molar-refractivity contribution in [3.05, 3.63) is 0 Å². The predicted molar refractivity (Wildman–Crippen MR) is 73.7 cm³/mol. The summed E-state index contributed by atoms with van der Waals surface area (Å²) in [5, 5.41) is 3.00. The molecule has 1 aliphatic rings. The van der Waals surface area contributed by atoms with Crippen LogP contribution in [0.3, 0.4) is 0 Å². The molecule has 18 heavy (non-hydrogen) atoms. The largest absolute Gasteiger partial charge is 0.444 e. The maximum absolute atomic E-state index is 11.8. The van der Waals surface area contributed by atoms with E-state index >= 15 is 0 Å². The molecule has 0 aliphatic carbocycles. The standard InChI is InChI=1S/C14H28N2O2/c1-6-11-8-12(10-16(7-2)9-11)15-13(17)18-14(3,4)5/h11-12H,6-10H2,1-5H3,(H,15,17). The summed E-state index contributed by atoms with van der Waals surface area (Å²) in [6.07, 6.45) is 1.94. The fourth-order valence-electron chi connectivity index (χ4n) is 2.44. The Bertz CT molecular complexity index is 261. The third-order valence-corrected chi connectivity index (χ3v) is 3.36. The second-order valence-electron chi connectivity index (χ2n) is 6.21.